The molecule has 4 aromatic rings. The van der Waals surface area contributed by atoms with Crippen LogP contribution in [0.1, 0.15) is 38.8 Å². The Labute approximate surface area is 291 Å². The summed E-state index contributed by atoms with van der Waals surface area (Å²) in [5.41, 5.74) is 6.24. The van der Waals surface area contributed by atoms with Crippen molar-refractivity contribution in [1.82, 2.24) is 15.0 Å². The summed E-state index contributed by atoms with van der Waals surface area (Å²) in [7, 11) is 0. The zero-order valence-corrected chi connectivity index (χ0v) is 27.5. The van der Waals surface area contributed by atoms with Gasteiger partial charge in [-0.25, -0.2) is 9.48 Å². The van der Waals surface area contributed by atoms with Gasteiger partial charge in [-0.15, -0.1) is 5.10 Å². The smallest absolute Gasteiger partial charge is 0.338 e. The van der Waals surface area contributed by atoms with Crippen molar-refractivity contribution < 1.29 is 64.2 Å². The van der Waals surface area contributed by atoms with Crippen LogP contribution in [0.3, 0.4) is 0 Å². The predicted octanol–water partition coefficient (Wildman–Crippen LogP) is 1.91. The number of nitrogens with zero attached hydrogens (tertiary/aromatic N) is 3. The Morgan fingerprint density at radius 1 is 0.804 bits per heavy atom. The molecule has 0 unspecified atom stereocenters. The molecule has 0 bridgehead atoms. The number of carbonyl (C=O) groups excluding carboxylic acids is 1. The molecule has 51 heavy (non-hydrogen) atoms. The number of aromatic nitrogens is 3. The van der Waals surface area contributed by atoms with Gasteiger partial charge in [-0.2, -0.15) is 0 Å². The van der Waals surface area contributed by atoms with Gasteiger partial charge in [0.1, 0.15) is 34.9 Å². The second kappa shape index (κ2) is 16.9. The van der Waals surface area contributed by atoms with Gasteiger partial charge in [-0.3, -0.25) is 0 Å². The van der Waals surface area contributed by atoms with Crippen LogP contribution in [0.25, 0.3) is 0 Å². The zero-order valence-electron chi connectivity index (χ0n) is 27.5. The first-order chi connectivity index (χ1) is 24.5. The van der Waals surface area contributed by atoms with E-state index in [-0.39, 0.29) is 63.8 Å². The molecule has 3 aromatic carbocycles. The summed E-state index contributed by atoms with van der Waals surface area (Å²) in [6.07, 6.45) is -0.277. The third-order valence-electron chi connectivity index (χ3n) is 7.97. The molecule has 2 heterocycles. The average molecular weight is 713 g/mol. The minimum atomic E-state index is -1.19. The maximum atomic E-state index is 13.3. The van der Waals surface area contributed by atoms with Crippen molar-refractivity contribution in [3.63, 3.8) is 0 Å². The largest absolute Gasteiger partial charge is 0.508 e. The van der Waals surface area contributed by atoms with Crippen molar-refractivity contribution in [2.75, 3.05) is 46.2 Å². The first-order valence-electron chi connectivity index (χ1n) is 16.1. The molecule has 17 heteroatoms. The first kappa shape index (κ1) is 36.8. The summed E-state index contributed by atoms with van der Waals surface area (Å²) in [4.78, 5) is 13.3. The Morgan fingerprint density at radius 2 is 1.45 bits per heavy atom. The highest BCUT2D eigenvalue weighted by atomic mass is 16.6. The minimum absolute atomic E-state index is 0.0621. The fourth-order valence-electron chi connectivity index (χ4n) is 5.44. The number of nitrogens with two attached hydrogens (primary N) is 1. The maximum absolute atomic E-state index is 13.3. The summed E-state index contributed by atoms with van der Waals surface area (Å²) >= 11 is 0. The standard InChI is InChI=1S/C34H40N4O13/c35-3-5-47-7-9-49-10-8-48-6-4-38-18-21(36-37-38)1-2-23-25(40)13-20(14-26(23)41)34(46)51-31-17-24-27(42)15-22(39)16-30(24)50-33(31)19-11-28(43)32(45)29(44)12-19/h11-16,18,31,33,39-45H,1-10,17,35H2/t31-,33-/m1/s1. The summed E-state index contributed by atoms with van der Waals surface area (Å²) in [6, 6.07) is 6.83. The van der Waals surface area contributed by atoms with Gasteiger partial charge in [0.05, 0.1) is 57.4 Å². The van der Waals surface area contributed by atoms with Gasteiger partial charge in [0, 0.05) is 48.0 Å². The highest BCUT2D eigenvalue weighted by Crippen LogP contribution is 2.46. The number of phenols is 7. The van der Waals surface area contributed by atoms with Crippen molar-refractivity contribution in [3.8, 4) is 46.0 Å². The molecule has 0 spiro atoms. The van der Waals surface area contributed by atoms with Gasteiger partial charge in [0.2, 0.25) is 0 Å². The first-order valence-corrected chi connectivity index (χ1v) is 16.1. The van der Waals surface area contributed by atoms with Crippen LogP contribution in [0.2, 0.25) is 0 Å². The number of phenolic OH excluding ortho intramolecular Hbond substituents is 7. The van der Waals surface area contributed by atoms with E-state index in [1.165, 1.54) is 6.07 Å². The van der Waals surface area contributed by atoms with Crippen LogP contribution in [0.5, 0.6) is 46.0 Å². The number of benzene rings is 3. The van der Waals surface area contributed by atoms with E-state index in [9.17, 15) is 40.5 Å². The Hall–Kier alpha value is -5.49. The van der Waals surface area contributed by atoms with E-state index in [0.717, 1.165) is 30.3 Å². The number of rotatable bonds is 17. The topological polar surface area (TPSA) is 262 Å². The molecule has 0 saturated carbocycles. The molecular formula is C34H40N4O13. The Balaban J connectivity index is 1.18. The van der Waals surface area contributed by atoms with Gasteiger partial charge < -0.3 is 65.2 Å². The Bertz CT molecular complexity index is 1770. The normalized spacial score (nSPS) is 15.3. The number of aryl methyl sites for hydroxylation is 1. The van der Waals surface area contributed by atoms with Gasteiger partial charge in [0.25, 0.3) is 0 Å². The zero-order chi connectivity index (χ0) is 36.5. The van der Waals surface area contributed by atoms with E-state index in [1.54, 1.807) is 10.9 Å². The lowest BCUT2D eigenvalue weighted by molar-refractivity contribution is -0.0189. The third kappa shape index (κ3) is 9.40. The van der Waals surface area contributed by atoms with Crippen molar-refractivity contribution in [2.45, 2.75) is 38.0 Å². The summed E-state index contributed by atoms with van der Waals surface area (Å²) in [5, 5.41) is 80.2. The number of esters is 1. The van der Waals surface area contributed by atoms with Crippen LogP contribution in [0.15, 0.2) is 42.6 Å². The van der Waals surface area contributed by atoms with Gasteiger partial charge in [0.15, 0.2) is 23.4 Å². The fourth-order valence-corrected chi connectivity index (χ4v) is 5.44. The van der Waals surface area contributed by atoms with Crippen LogP contribution in [-0.4, -0.2) is 109 Å². The van der Waals surface area contributed by atoms with Crippen LogP contribution in [0.4, 0.5) is 0 Å². The molecule has 1 aliphatic rings. The molecule has 2 atom stereocenters. The van der Waals surface area contributed by atoms with Crippen molar-refractivity contribution in [2.24, 2.45) is 5.73 Å². The van der Waals surface area contributed by atoms with E-state index in [2.05, 4.69) is 10.3 Å². The van der Waals surface area contributed by atoms with Crippen LogP contribution in [-0.2, 0) is 44.8 Å². The molecule has 0 radical (unpaired) electrons. The number of carbonyl (C=O) groups is 1. The number of aromatic hydroxyl groups is 7. The molecule has 0 saturated heterocycles. The summed E-state index contributed by atoms with van der Waals surface area (Å²) in [6.45, 7) is 3.57. The molecule has 1 aromatic heterocycles. The number of hydrogen-bond acceptors (Lipinski definition) is 16. The lowest BCUT2D eigenvalue weighted by Crippen LogP contribution is -2.34. The van der Waals surface area contributed by atoms with E-state index in [4.69, 9.17) is 29.4 Å². The van der Waals surface area contributed by atoms with E-state index in [0.29, 0.717) is 64.8 Å². The van der Waals surface area contributed by atoms with E-state index in [1.807, 2.05) is 0 Å². The quantitative estimate of drug-likeness (QED) is 0.0442. The second-order valence-electron chi connectivity index (χ2n) is 11.6. The predicted molar refractivity (Wildman–Crippen MR) is 176 cm³/mol. The molecule has 1 aliphatic heterocycles. The van der Waals surface area contributed by atoms with Crippen LogP contribution < -0.4 is 10.5 Å². The van der Waals surface area contributed by atoms with E-state index >= 15 is 0 Å². The fraction of sp³-hybridized carbons (Fsp3) is 0.382. The lowest BCUT2D eigenvalue weighted by Gasteiger charge is -2.34. The summed E-state index contributed by atoms with van der Waals surface area (Å²) in [5.74, 6) is -4.34. The molecule has 274 valence electrons. The highest BCUT2D eigenvalue weighted by Gasteiger charge is 2.37. The molecule has 17 nitrogen and oxygen atoms in total. The molecular weight excluding hydrogens is 672 g/mol. The van der Waals surface area contributed by atoms with E-state index < -0.39 is 35.4 Å². The van der Waals surface area contributed by atoms with Gasteiger partial charge in [-0.1, -0.05) is 5.21 Å². The SMILES string of the molecule is NCCOCCOCCOCCn1cc(CCc2c(O)cc(C(=O)O[C@@H]3Cc4c(O)cc(O)cc4O[C@@H]3c3cc(O)c(O)c(O)c3)cc2O)nn1. The van der Waals surface area contributed by atoms with Gasteiger partial charge in [-0.05, 0) is 37.1 Å². The number of ether oxygens (including phenoxy) is 5. The van der Waals surface area contributed by atoms with Gasteiger partial charge >= 0.3 is 5.97 Å². The maximum Gasteiger partial charge on any atom is 0.338 e. The highest BCUT2D eigenvalue weighted by molar-refractivity contribution is 5.91. The summed E-state index contributed by atoms with van der Waals surface area (Å²) < 4.78 is 29.4. The van der Waals surface area contributed by atoms with Crippen LogP contribution >= 0.6 is 0 Å². The minimum Gasteiger partial charge on any atom is -0.508 e. The average Bonchev–Trinajstić information content (AvgIpc) is 3.54. The number of fused-ring (bicyclic) bond motifs is 1. The molecule has 5 rings (SSSR count). The number of hydrogen-bond donors (Lipinski definition) is 8. The molecule has 0 aliphatic carbocycles. The van der Waals surface area contributed by atoms with Crippen molar-refractivity contribution in [1.29, 1.82) is 0 Å². The molecule has 0 fully saturated rings. The second-order valence-corrected chi connectivity index (χ2v) is 11.6. The van der Waals surface area contributed by atoms with Crippen molar-refractivity contribution in [3.05, 3.63) is 70.5 Å². The molecule has 0 amide bonds. The molecule has 9 N–H and O–H groups in total. The van der Waals surface area contributed by atoms with Crippen LogP contribution in [0, 0.1) is 0 Å². The third-order valence-corrected chi connectivity index (χ3v) is 7.97. The van der Waals surface area contributed by atoms with Crippen molar-refractivity contribution >= 4 is 5.97 Å². The Morgan fingerprint density at radius 3 is 2.12 bits per heavy atom. The Kier molecular flexibility index (Phi) is 12.2. The lowest BCUT2D eigenvalue weighted by atomic mass is 9.93. The monoisotopic (exact) mass is 712 g/mol.